The van der Waals surface area contributed by atoms with Crippen LogP contribution in [0.2, 0.25) is 0 Å². The van der Waals surface area contributed by atoms with Gasteiger partial charge in [-0.3, -0.25) is 0 Å². The number of pyridine rings is 1. The Hall–Kier alpha value is -2.20. The zero-order valence-corrected chi connectivity index (χ0v) is 13.2. The smallest absolute Gasteiger partial charge is 0.160 e. The van der Waals surface area contributed by atoms with Gasteiger partial charge < -0.3 is 9.30 Å². The topological polar surface area (TPSA) is 39.9 Å². The van der Waals surface area contributed by atoms with Gasteiger partial charge in [0.2, 0.25) is 0 Å². The molecule has 1 aromatic carbocycles. The summed E-state index contributed by atoms with van der Waals surface area (Å²) in [5.74, 6) is 1.81. The van der Waals surface area contributed by atoms with Crippen molar-refractivity contribution in [3.8, 4) is 0 Å². The van der Waals surface area contributed by atoms with Gasteiger partial charge >= 0.3 is 0 Å². The zero-order chi connectivity index (χ0) is 15.5. The fourth-order valence-electron chi connectivity index (χ4n) is 3.30. The van der Waals surface area contributed by atoms with E-state index in [1.54, 1.807) is 0 Å². The molecule has 118 valence electrons. The van der Waals surface area contributed by atoms with E-state index < -0.39 is 0 Å². The molecule has 4 nitrogen and oxygen atoms in total. The largest absolute Gasteiger partial charge is 0.381 e. The van der Waals surface area contributed by atoms with Gasteiger partial charge in [-0.25, -0.2) is 9.97 Å². The molecular weight excluding hydrogens is 286 g/mol. The number of rotatable bonds is 4. The lowest BCUT2D eigenvalue weighted by atomic mass is 9.96. The van der Waals surface area contributed by atoms with Crippen LogP contribution in [0.5, 0.6) is 0 Å². The first-order valence-electron chi connectivity index (χ1n) is 8.32. The van der Waals surface area contributed by atoms with Gasteiger partial charge in [0.25, 0.3) is 0 Å². The lowest BCUT2D eigenvalue weighted by Gasteiger charge is -2.22. The maximum atomic E-state index is 5.48. The Bertz CT molecular complexity index is 776. The van der Waals surface area contributed by atoms with Crippen LogP contribution < -0.4 is 0 Å². The molecule has 1 aliphatic heterocycles. The van der Waals surface area contributed by atoms with Crippen molar-refractivity contribution in [2.24, 2.45) is 5.92 Å². The van der Waals surface area contributed by atoms with Crippen LogP contribution in [0.1, 0.15) is 24.2 Å². The van der Waals surface area contributed by atoms with E-state index in [2.05, 4.69) is 45.9 Å². The molecule has 2 aromatic heterocycles. The lowest BCUT2D eigenvalue weighted by Crippen LogP contribution is -2.19. The predicted octanol–water partition coefficient (Wildman–Crippen LogP) is 3.45. The van der Waals surface area contributed by atoms with Gasteiger partial charge in [0.15, 0.2) is 5.65 Å². The molecule has 1 aliphatic rings. The number of hydrogen-bond acceptors (Lipinski definition) is 3. The molecule has 0 N–H and O–H groups in total. The van der Waals surface area contributed by atoms with Crippen LogP contribution in [-0.4, -0.2) is 27.7 Å². The SMILES string of the molecule is c1ccc(Cn2c(CC3CCOCC3)nc3cccnc32)cc1. The average molecular weight is 307 g/mol. The van der Waals surface area contributed by atoms with Crippen molar-refractivity contribution in [3.63, 3.8) is 0 Å². The number of aromatic nitrogens is 3. The van der Waals surface area contributed by atoms with Gasteiger partial charge in [-0.1, -0.05) is 30.3 Å². The molecule has 0 radical (unpaired) electrons. The predicted molar refractivity (Wildman–Crippen MR) is 90.3 cm³/mol. The Morgan fingerprint density at radius 1 is 1.04 bits per heavy atom. The van der Waals surface area contributed by atoms with Crippen molar-refractivity contribution >= 4 is 11.2 Å². The highest BCUT2D eigenvalue weighted by atomic mass is 16.5. The molecule has 23 heavy (non-hydrogen) atoms. The van der Waals surface area contributed by atoms with E-state index in [-0.39, 0.29) is 0 Å². The molecule has 4 rings (SSSR count). The van der Waals surface area contributed by atoms with Gasteiger partial charge in [-0.15, -0.1) is 0 Å². The van der Waals surface area contributed by atoms with Crippen LogP contribution in [0.15, 0.2) is 48.7 Å². The van der Waals surface area contributed by atoms with E-state index in [9.17, 15) is 0 Å². The Morgan fingerprint density at radius 3 is 2.70 bits per heavy atom. The quantitative estimate of drug-likeness (QED) is 0.741. The summed E-state index contributed by atoms with van der Waals surface area (Å²) in [6.45, 7) is 2.58. The minimum Gasteiger partial charge on any atom is -0.381 e. The first kappa shape index (κ1) is 14.4. The minimum atomic E-state index is 0.662. The zero-order valence-electron chi connectivity index (χ0n) is 13.2. The van der Waals surface area contributed by atoms with Gasteiger partial charge in [0.1, 0.15) is 11.3 Å². The van der Waals surface area contributed by atoms with Crippen LogP contribution in [0.25, 0.3) is 11.2 Å². The second kappa shape index (κ2) is 6.50. The molecule has 0 bridgehead atoms. The highest BCUT2D eigenvalue weighted by Crippen LogP contribution is 2.23. The summed E-state index contributed by atoms with van der Waals surface area (Å²) in [6.07, 6.45) is 5.11. The van der Waals surface area contributed by atoms with Gasteiger partial charge in [-0.05, 0) is 36.5 Å². The van der Waals surface area contributed by atoms with Crippen molar-refractivity contribution < 1.29 is 4.74 Å². The van der Waals surface area contributed by atoms with E-state index in [4.69, 9.17) is 9.72 Å². The van der Waals surface area contributed by atoms with Crippen molar-refractivity contribution in [1.29, 1.82) is 0 Å². The Labute approximate surface area is 136 Å². The van der Waals surface area contributed by atoms with Crippen LogP contribution in [-0.2, 0) is 17.7 Å². The summed E-state index contributed by atoms with van der Waals surface area (Å²) in [6, 6.07) is 14.6. The highest BCUT2D eigenvalue weighted by Gasteiger charge is 2.19. The van der Waals surface area contributed by atoms with Crippen LogP contribution in [0.3, 0.4) is 0 Å². The van der Waals surface area contributed by atoms with Crippen LogP contribution in [0, 0.1) is 5.92 Å². The number of benzene rings is 1. The standard InChI is InChI=1S/C19H21N3O/c1-2-5-16(6-3-1)14-22-18(13-15-8-11-23-12-9-15)21-17-7-4-10-20-19(17)22/h1-7,10,15H,8-9,11-14H2. The summed E-state index contributed by atoms with van der Waals surface area (Å²) < 4.78 is 7.76. The number of hydrogen-bond donors (Lipinski definition) is 0. The molecular formula is C19H21N3O. The molecule has 0 atom stereocenters. The van der Waals surface area contributed by atoms with Crippen molar-refractivity contribution in [1.82, 2.24) is 14.5 Å². The Balaban J connectivity index is 1.69. The summed E-state index contributed by atoms with van der Waals surface area (Å²) in [7, 11) is 0. The minimum absolute atomic E-state index is 0.662. The first-order chi connectivity index (χ1) is 11.4. The third-order valence-corrected chi connectivity index (χ3v) is 4.58. The third kappa shape index (κ3) is 3.13. The van der Waals surface area contributed by atoms with Crippen LogP contribution in [0.4, 0.5) is 0 Å². The molecule has 3 aromatic rings. The average Bonchev–Trinajstić information content (AvgIpc) is 2.94. The number of imidazole rings is 1. The second-order valence-corrected chi connectivity index (χ2v) is 6.21. The molecule has 0 unspecified atom stereocenters. The summed E-state index contributed by atoms with van der Waals surface area (Å²) in [5, 5.41) is 0. The third-order valence-electron chi connectivity index (χ3n) is 4.58. The van der Waals surface area contributed by atoms with Gasteiger partial charge in [0.05, 0.1) is 6.54 Å². The van der Waals surface area contributed by atoms with Crippen LogP contribution >= 0.6 is 0 Å². The van der Waals surface area contributed by atoms with Crippen molar-refractivity contribution in [2.45, 2.75) is 25.8 Å². The number of ether oxygens (including phenoxy) is 1. The molecule has 1 fully saturated rings. The summed E-state index contributed by atoms with van der Waals surface area (Å²) in [5.41, 5.74) is 3.26. The van der Waals surface area contributed by atoms with E-state index in [1.807, 2.05) is 12.3 Å². The molecule has 4 heteroatoms. The van der Waals surface area contributed by atoms with Crippen molar-refractivity contribution in [2.75, 3.05) is 13.2 Å². The molecule has 0 saturated carbocycles. The normalized spacial score (nSPS) is 16.0. The first-order valence-corrected chi connectivity index (χ1v) is 8.32. The van der Waals surface area contributed by atoms with Crippen molar-refractivity contribution in [3.05, 3.63) is 60.0 Å². The second-order valence-electron chi connectivity index (χ2n) is 6.21. The molecule has 0 spiro atoms. The number of nitrogens with zero attached hydrogens (tertiary/aromatic N) is 3. The molecule has 0 aliphatic carbocycles. The van der Waals surface area contributed by atoms with E-state index in [0.717, 1.165) is 56.0 Å². The van der Waals surface area contributed by atoms with E-state index in [1.165, 1.54) is 5.56 Å². The van der Waals surface area contributed by atoms with Gasteiger partial charge in [-0.2, -0.15) is 0 Å². The van der Waals surface area contributed by atoms with Gasteiger partial charge in [0, 0.05) is 25.8 Å². The maximum Gasteiger partial charge on any atom is 0.160 e. The number of fused-ring (bicyclic) bond motifs is 1. The molecule has 3 heterocycles. The highest BCUT2D eigenvalue weighted by molar-refractivity contribution is 5.71. The fraction of sp³-hybridized carbons (Fsp3) is 0.368. The Morgan fingerprint density at radius 2 is 1.87 bits per heavy atom. The van der Waals surface area contributed by atoms with E-state index in [0.29, 0.717) is 5.92 Å². The summed E-state index contributed by atoms with van der Waals surface area (Å²) in [4.78, 5) is 9.43. The lowest BCUT2D eigenvalue weighted by molar-refractivity contribution is 0.0658. The summed E-state index contributed by atoms with van der Waals surface area (Å²) >= 11 is 0. The molecule has 0 amide bonds. The molecule has 1 saturated heterocycles. The maximum absolute atomic E-state index is 5.48. The fourth-order valence-corrected chi connectivity index (χ4v) is 3.30. The Kier molecular flexibility index (Phi) is 4.07. The monoisotopic (exact) mass is 307 g/mol. The van der Waals surface area contributed by atoms with E-state index >= 15 is 0 Å².